The van der Waals surface area contributed by atoms with Crippen molar-refractivity contribution in [2.75, 3.05) is 6.61 Å². The number of benzene rings is 1. The summed E-state index contributed by atoms with van der Waals surface area (Å²) in [6, 6.07) is 4.08. The lowest BCUT2D eigenvalue weighted by molar-refractivity contribution is -0.154. The topological polar surface area (TPSA) is 89.9 Å². The number of hydrogen-bond donors (Lipinski definition) is 1. The van der Waals surface area contributed by atoms with Gasteiger partial charge in [0.05, 0.1) is 12.0 Å². The van der Waals surface area contributed by atoms with Gasteiger partial charge < -0.3 is 14.6 Å². The van der Waals surface area contributed by atoms with Gasteiger partial charge in [-0.1, -0.05) is 18.7 Å². The van der Waals surface area contributed by atoms with E-state index in [1.807, 2.05) is 0 Å². The third kappa shape index (κ3) is 6.66. The number of carbonyl (C=O) groups excluding carboxylic acids is 2. The van der Waals surface area contributed by atoms with E-state index in [-0.39, 0.29) is 5.57 Å². The van der Waals surface area contributed by atoms with Crippen LogP contribution < -0.4 is 0 Å². The van der Waals surface area contributed by atoms with E-state index in [9.17, 15) is 27.6 Å². The average molecular weight is 360 g/mol. The Hall–Kier alpha value is -2.84. The van der Waals surface area contributed by atoms with Crippen LogP contribution in [0.2, 0.25) is 0 Å². The number of hydrogen-bond acceptors (Lipinski definition) is 5. The first-order valence-electron chi connectivity index (χ1n) is 6.94. The molecule has 0 heterocycles. The predicted octanol–water partition coefficient (Wildman–Crippen LogP) is 2.88. The highest BCUT2D eigenvalue weighted by Gasteiger charge is 2.30. The zero-order valence-electron chi connectivity index (χ0n) is 13.1. The second-order valence-electron chi connectivity index (χ2n) is 5.00. The van der Waals surface area contributed by atoms with Crippen molar-refractivity contribution in [2.45, 2.75) is 25.6 Å². The van der Waals surface area contributed by atoms with E-state index in [1.54, 1.807) is 0 Å². The normalized spacial score (nSPS) is 12.2. The lowest BCUT2D eigenvalue weighted by Crippen LogP contribution is -2.17. The number of esters is 2. The van der Waals surface area contributed by atoms with Crippen molar-refractivity contribution in [2.24, 2.45) is 0 Å². The molecule has 136 valence electrons. The number of alkyl halides is 3. The molecule has 0 spiro atoms. The molecule has 0 saturated heterocycles. The fourth-order valence-electron chi connectivity index (χ4n) is 1.73. The molecule has 0 aliphatic carbocycles. The molecule has 6 nitrogen and oxygen atoms in total. The van der Waals surface area contributed by atoms with Crippen molar-refractivity contribution in [1.29, 1.82) is 0 Å². The minimum atomic E-state index is -4.47. The lowest BCUT2D eigenvalue weighted by Gasteiger charge is -2.15. The van der Waals surface area contributed by atoms with Gasteiger partial charge in [0.2, 0.25) is 0 Å². The molecule has 1 atom stereocenters. The lowest BCUT2D eigenvalue weighted by atomic mass is 10.1. The molecule has 0 bridgehead atoms. The van der Waals surface area contributed by atoms with Gasteiger partial charge in [-0.3, -0.25) is 4.79 Å². The van der Waals surface area contributed by atoms with E-state index in [1.165, 1.54) is 19.1 Å². The summed E-state index contributed by atoms with van der Waals surface area (Å²) in [5, 5.41) is 8.37. The first-order chi connectivity index (χ1) is 11.5. The van der Waals surface area contributed by atoms with Crippen LogP contribution in [-0.4, -0.2) is 29.6 Å². The maximum Gasteiger partial charge on any atom is 0.416 e. The van der Waals surface area contributed by atoms with E-state index >= 15 is 0 Å². The van der Waals surface area contributed by atoms with Gasteiger partial charge in [-0.15, -0.1) is 0 Å². The summed E-state index contributed by atoms with van der Waals surface area (Å²) in [5.74, 6) is -3.27. The molecular weight excluding hydrogens is 345 g/mol. The summed E-state index contributed by atoms with van der Waals surface area (Å²) in [6.07, 6.45) is -5.85. The molecule has 1 unspecified atom stereocenters. The Morgan fingerprint density at radius 3 is 2.24 bits per heavy atom. The minimum absolute atomic E-state index is 0.300. The third-order valence-corrected chi connectivity index (χ3v) is 2.99. The van der Waals surface area contributed by atoms with Crippen molar-refractivity contribution >= 4 is 17.9 Å². The van der Waals surface area contributed by atoms with Crippen LogP contribution in [-0.2, 0) is 30.0 Å². The molecule has 0 aliphatic rings. The second-order valence-corrected chi connectivity index (χ2v) is 5.00. The Kier molecular flexibility index (Phi) is 6.72. The quantitative estimate of drug-likeness (QED) is 0.594. The van der Waals surface area contributed by atoms with Crippen LogP contribution in [0.4, 0.5) is 13.2 Å². The molecule has 1 aromatic carbocycles. The Labute approximate surface area is 140 Å². The standard InChI is InChI=1S/C16H15F3O6/c1-9(15(23)24-8-13(20)21)7-14(22)25-10(2)11-3-5-12(6-4-11)16(17,18)19/h3-6,10H,1,7-8H2,2H3,(H,20,21). The molecule has 0 amide bonds. The summed E-state index contributed by atoms with van der Waals surface area (Å²) in [4.78, 5) is 33.4. The van der Waals surface area contributed by atoms with E-state index in [2.05, 4.69) is 11.3 Å². The molecule has 0 fully saturated rings. The molecule has 1 aromatic rings. The van der Waals surface area contributed by atoms with Gasteiger partial charge in [-0.2, -0.15) is 13.2 Å². The zero-order valence-corrected chi connectivity index (χ0v) is 13.1. The van der Waals surface area contributed by atoms with Crippen LogP contribution in [0.5, 0.6) is 0 Å². The Bertz CT molecular complexity index is 663. The molecule has 0 radical (unpaired) electrons. The van der Waals surface area contributed by atoms with Gasteiger partial charge >= 0.3 is 24.1 Å². The second kappa shape index (κ2) is 8.32. The number of carboxylic acids is 1. The van der Waals surface area contributed by atoms with Gasteiger partial charge in [0, 0.05) is 5.57 Å². The van der Waals surface area contributed by atoms with Crippen molar-refractivity contribution in [3.05, 3.63) is 47.5 Å². The Morgan fingerprint density at radius 2 is 1.76 bits per heavy atom. The first kappa shape index (κ1) is 20.2. The van der Waals surface area contributed by atoms with Gasteiger partial charge in [0.25, 0.3) is 0 Å². The first-order valence-corrected chi connectivity index (χ1v) is 6.94. The molecule has 0 aromatic heterocycles. The number of ether oxygens (including phenoxy) is 2. The van der Waals surface area contributed by atoms with Crippen LogP contribution in [0.15, 0.2) is 36.4 Å². The zero-order chi connectivity index (χ0) is 19.2. The molecule has 1 rings (SSSR count). The third-order valence-electron chi connectivity index (χ3n) is 2.99. The van der Waals surface area contributed by atoms with Crippen LogP contribution in [0, 0.1) is 0 Å². The average Bonchev–Trinajstić information content (AvgIpc) is 2.51. The van der Waals surface area contributed by atoms with Gasteiger partial charge in [0.1, 0.15) is 6.10 Å². The summed E-state index contributed by atoms with van der Waals surface area (Å²) >= 11 is 0. The molecule has 0 saturated carbocycles. The number of aliphatic carboxylic acids is 1. The predicted molar refractivity (Wildman–Crippen MR) is 78.3 cm³/mol. The summed E-state index contributed by atoms with van der Waals surface area (Å²) in [5.41, 5.74) is -0.796. The van der Waals surface area contributed by atoms with Crippen LogP contribution in [0.3, 0.4) is 0 Å². The highest BCUT2D eigenvalue weighted by atomic mass is 19.4. The Morgan fingerprint density at radius 1 is 1.20 bits per heavy atom. The number of halogens is 3. The Balaban J connectivity index is 2.57. The largest absolute Gasteiger partial charge is 0.479 e. The molecule has 25 heavy (non-hydrogen) atoms. The van der Waals surface area contributed by atoms with Gasteiger partial charge in [-0.25, -0.2) is 9.59 Å². The van der Waals surface area contributed by atoms with Crippen molar-refractivity contribution in [1.82, 2.24) is 0 Å². The summed E-state index contributed by atoms with van der Waals surface area (Å²) in [7, 11) is 0. The number of carbonyl (C=O) groups is 3. The van der Waals surface area contributed by atoms with Crippen molar-refractivity contribution in [3.63, 3.8) is 0 Å². The molecule has 0 aliphatic heterocycles. The van der Waals surface area contributed by atoms with E-state index in [4.69, 9.17) is 9.84 Å². The van der Waals surface area contributed by atoms with E-state index < -0.39 is 48.8 Å². The maximum absolute atomic E-state index is 12.5. The van der Waals surface area contributed by atoms with Crippen LogP contribution in [0.1, 0.15) is 30.6 Å². The summed E-state index contributed by atoms with van der Waals surface area (Å²) < 4.78 is 46.8. The van der Waals surface area contributed by atoms with Crippen molar-refractivity contribution in [3.8, 4) is 0 Å². The number of rotatable bonds is 7. The van der Waals surface area contributed by atoms with Gasteiger partial charge in [0.15, 0.2) is 6.61 Å². The monoisotopic (exact) mass is 360 g/mol. The number of carboxylic acid groups (broad SMARTS) is 1. The maximum atomic E-state index is 12.5. The highest BCUT2D eigenvalue weighted by molar-refractivity contribution is 5.94. The molecule has 1 N–H and O–H groups in total. The van der Waals surface area contributed by atoms with Gasteiger partial charge in [-0.05, 0) is 24.6 Å². The molecule has 9 heteroatoms. The van der Waals surface area contributed by atoms with Crippen LogP contribution in [0.25, 0.3) is 0 Å². The minimum Gasteiger partial charge on any atom is -0.479 e. The van der Waals surface area contributed by atoms with Crippen molar-refractivity contribution < 1.29 is 42.1 Å². The summed E-state index contributed by atoms with van der Waals surface area (Å²) in [6.45, 7) is 3.88. The van der Waals surface area contributed by atoms with E-state index in [0.717, 1.165) is 12.1 Å². The fraction of sp³-hybridized carbons (Fsp3) is 0.312. The highest BCUT2D eigenvalue weighted by Crippen LogP contribution is 2.30. The van der Waals surface area contributed by atoms with E-state index in [0.29, 0.717) is 5.56 Å². The fourth-order valence-corrected chi connectivity index (χ4v) is 1.73. The van der Waals surface area contributed by atoms with Crippen LogP contribution >= 0.6 is 0 Å². The smallest absolute Gasteiger partial charge is 0.416 e. The molecular formula is C16H15F3O6. The SMILES string of the molecule is C=C(CC(=O)OC(C)c1ccc(C(F)(F)F)cc1)C(=O)OCC(=O)O.